The summed E-state index contributed by atoms with van der Waals surface area (Å²) in [7, 11) is 0. The highest BCUT2D eigenvalue weighted by molar-refractivity contribution is 7.90. The van der Waals surface area contributed by atoms with Crippen LogP contribution in [-0.2, 0) is 16.1 Å². The van der Waals surface area contributed by atoms with Crippen LogP contribution in [-0.4, -0.2) is 45.6 Å². The highest BCUT2D eigenvalue weighted by Gasteiger charge is 2.39. The first-order chi connectivity index (χ1) is 15.2. The van der Waals surface area contributed by atoms with E-state index < -0.39 is 21.7 Å². The van der Waals surface area contributed by atoms with E-state index >= 15 is 0 Å². The minimum absolute atomic E-state index is 0.0528. The molecule has 0 aliphatic carbocycles. The van der Waals surface area contributed by atoms with Gasteiger partial charge in [-0.2, -0.15) is 0 Å². The van der Waals surface area contributed by atoms with Crippen molar-refractivity contribution in [3.8, 4) is 5.75 Å². The first kappa shape index (κ1) is 28.1. The zero-order valence-electron chi connectivity index (χ0n) is 20.4. The van der Waals surface area contributed by atoms with Crippen molar-refractivity contribution in [2.75, 3.05) is 19.7 Å². The lowest BCUT2D eigenvalue weighted by Crippen LogP contribution is -2.47. The molecule has 1 heterocycles. The van der Waals surface area contributed by atoms with Crippen LogP contribution in [0.15, 0.2) is 24.8 Å². The van der Waals surface area contributed by atoms with Crippen LogP contribution in [0.1, 0.15) is 66.0 Å². The molecular weight excluding hydrogens is 483 g/mol. The van der Waals surface area contributed by atoms with E-state index in [2.05, 4.69) is 11.3 Å². The Bertz CT molecular complexity index is 831. The van der Waals surface area contributed by atoms with Crippen LogP contribution in [0.2, 0.25) is 10.0 Å². The number of benzene rings is 1. The average molecular weight is 520 g/mol. The summed E-state index contributed by atoms with van der Waals surface area (Å²) >= 11 is 11.7. The van der Waals surface area contributed by atoms with E-state index in [-0.39, 0.29) is 18.1 Å². The molecule has 0 bridgehead atoms. The van der Waals surface area contributed by atoms with Gasteiger partial charge in [0.05, 0.1) is 16.1 Å². The molecule has 1 aliphatic rings. The highest BCUT2D eigenvalue weighted by Crippen LogP contribution is 2.43. The minimum atomic E-state index is -1.36. The van der Waals surface area contributed by atoms with Crippen molar-refractivity contribution in [2.45, 2.75) is 70.8 Å². The number of piperidine rings is 1. The van der Waals surface area contributed by atoms with Crippen molar-refractivity contribution < 1.29 is 18.8 Å². The molecule has 2 atom stereocenters. The molecule has 0 spiro atoms. The average Bonchev–Trinajstić information content (AvgIpc) is 2.71. The van der Waals surface area contributed by atoms with Gasteiger partial charge in [-0.1, -0.05) is 35.9 Å². The maximum Gasteiger partial charge on any atom is 0.410 e. The number of carbonyl (C=O) groups is 1. The van der Waals surface area contributed by atoms with Gasteiger partial charge in [-0.05, 0) is 72.4 Å². The molecule has 6 nitrogen and oxygen atoms in total. The Morgan fingerprint density at radius 2 is 1.88 bits per heavy atom. The Hall–Kier alpha value is -1.12. The molecule has 186 valence electrons. The molecule has 9 heteroatoms. The van der Waals surface area contributed by atoms with Gasteiger partial charge in [-0.25, -0.2) is 4.79 Å². The topological polar surface area (TPSA) is 73.9 Å². The van der Waals surface area contributed by atoms with Gasteiger partial charge in [0, 0.05) is 30.0 Å². The van der Waals surface area contributed by atoms with Gasteiger partial charge in [0.15, 0.2) is 0 Å². The smallest absolute Gasteiger partial charge is 0.410 e. The van der Waals surface area contributed by atoms with Gasteiger partial charge in [0.25, 0.3) is 0 Å². The molecule has 33 heavy (non-hydrogen) atoms. The summed E-state index contributed by atoms with van der Waals surface area (Å²) in [6, 6.07) is 3.09. The third-order valence-corrected chi connectivity index (χ3v) is 7.61. The van der Waals surface area contributed by atoms with Crippen molar-refractivity contribution in [1.29, 1.82) is 0 Å². The number of likely N-dealkylation sites (tertiary alicyclic amines) is 1. The highest BCUT2D eigenvalue weighted by atomic mass is 35.5. The summed E-state index contributed by atoms with van der Waals surface area (Å²) in [5.74, 6) is 0.624. The summed E-state index contributed by atoms with van der Waals surface area (Å²) in [6.07, 6.45) is 2.70. The van der Waals surface area contributed by atoms with Gasteiger partial charge in [-0.3, -0.25) is 0 Å². The molecule has 1 saturated heterocycles. The van der Waals surface area contributed by atoms with E-state index in [1.807, 2.05) is 41.5 Å². The fourth-order valence-electron chi connectivity index (χ4n) is 3.54. The number of nitrogens with one attached hydrogen (secondary N) is 1. The Morgan fingerprint density at radius 3 is 2.39 bits per heavy atom. The largest absolute Gasteiger partial charge is 0.598 e. The molecule has 1 aromatic carbocycles. The fourth-order valence-corrected chi connectivity index (χ4v) is 4.87. The summed E-state index contributed by atoms with van der Waals surface area (Å²) in [5.41, 5.74) is 0.132. The van der Waals surface area contributed by atoms with Crippen LogP contribution >= 0.6 is 23.2 Å². The van der Waals surface area contributed by atoms with Crippen molar-refractivity contribution in [1.82, 2.24) is 9.62 Å². The lowest BCUT2D eigenvalue weighted by molar-refractivity contribution is 0.0171. The molecular formula is C24H36Cl2N2O4S. The molecule has 1 aliphatic heterocycles. The first-order valence-corrected chi connectivity index (χ1v) is 13.0. The van der Waals surface area contributed by atoms with Crippen molar-refractivity contribution in [2.24, 2.45) is 5.92 Å². The van der Waals surface area contributed by atoms with Gasteiger partial charge in [0.1, 0.15) is 22.7 Å². The Morgan fingerprint density at radius 1 is 1.27 bits per heavy atom. The molecule has 2 rings (SSSR count). The number of hydrogen-bond acceptors (Lipinski definition) is 5. The fraction of sp³-hybridized carbons (Fsp3) is 0.625. The number of nitrogens with zero attached hydrogens (tertiary/aromatic N) is 1. The molecule has 0 unspecified atom stereocenters. The predicted molar refractivity (Wildman–Crippen MR) is 136 cm³/mol. The number of amides is 1. The molecule has 1 fully saturated rings. The predicted octanol–water partition coefficient (Wildman–Crippen LogP) is 6.30. The molecule has 1 amide bonds. The standard InChI is InChI=1S/C24H36Cl2N2O4S/c1-8-15-31-18-10-9-17(25)20(26)19(18)21(27-33(30)24(5,6)7)16-11-13-28(14-12-16)22(29)32-23(2,3)4/h8-10,16,21,27H,1,11-15H2,2-7H3/t21-,33+/m1/s1. The second-order valence-electron chi connectivity index (χ2n) is 10.2. The maximum atomic E-state index is 13.1. The van der Waals surface area contributed by atoms with E-state index in [0.29, 0.717) is 53.9 Å². The lowest BCUT2D eigenvalue weighted by Gasteiger charge is -2.38. The minimum Gasteiger partial charge on any atom is -0.598 e. The Balaban J connectivity index is 2.35. The second kappa shape index (κ2) is 11.5. The van der Waals surface area contributed by atoms with Crippen molar-refractivity contribution in [3.05, 3.63) is 40.4 Å². The normalized spacial score (nSPS) is 17.4. The van der Waals surface area contributed by atoms with E-state index in [4.69, 9.17) is 32.7 Å². The van der Waals surface area contributed by atoms with Crippen LogP contribution in [0.3, 0.4) is 0 Å². The SMILES string of the molecule is C=CCOc1ccc(Cl)c(Cl)c1[C@H](N[S@@+]([O-])C(C)(C)C)C1CCN(C(=O)OC(C)(C)C)CC1. The van der Waals surface area contributed by atoms with E-state index in [1.54, 1.807) is 23.1 Å². The summed E-state index contributed by atoms with van der Waals surface area (Å²) in [5, 5.41) is 0.772. The second-order valence-corrected chi connectivity index (χ2v) is 12.9. The zero-order valence-corrected chi connectivity index (χ0v) is 22.7. The molecule has 0 aromatic heterocycles. The van der Waals surface area contributed by atoms with Crippen molar-refractivity contribution >= 4 is 40.7 Å². The quantitative estimate of drug-likeness (QED) is 0.338. The Labute approximate surface area is 211 Å². The maximum absolute atomic E-state index is 13.1. The van der Waals surface area contributed by atoms with Crippen LogP contribution in [0.4, 0.5) is 4.79 Å². The van der Waals surface area contributed by atoms with Gasteiger partial charge >= 0.3 is 6.09 Å². The summed E-state index contributed by atoms with van der Waals surface area (Å²) in [6.45, 7) is 16.4. The third-order valence-electron chi connectivity index (χ3n) is 5.21. The zero-order chi connectivity index (χ0) is 25.0. The van der Waals surface area contributed by atoms with E-state index in [9.17, 15) is 9.35 Å². The molecule has 1 aromatic rings. The summed E-state index contributed by atoms with van der Waals surface area (Å²) in [4.78, 5) is 14.2. The van der Waals surface area contributed by atoms with Gasteiger partial charge < -0.3 is 18.9 Å². The molecule has 0 radical (unpaired) electrons. The van der Waals surface area contributed by atoms with Crippen LogP contribution in [0, 0.1) is 5.92 Å². The van der Waals surface area contributed by atoms with Crippen LogP contribution in [0.25, 0.3) is 0 Å². The molecule has 0 saturated carbocycles. The number of hydrogen-bond donors (Lipinski definition) is 1. The van der Waals surface area contributed by atoms with Gasteiger partial charge in [-0.15, -0.1) is 4.72 Å². The summed E-state index contributed by atoms with van der Waals surface area (Å²) < 4.78 is 27.3. The molecule has 1 N–H and O–H groups in total. The monoisotopic (exact) mass is 518 g/mol. The lowest BCUT2D eigenvalue weighted by atomic mass is 9.85. The number of halogens is 2. The number of rotatable bonds is 7. The van der Waals surface area contributed by atoms with E-state index in [0.717, 1.165) is 0 Å². The van der Waals surface area contributed by atoms with Gasteiger partial charge in [0.2, 0.25) is 0 Å². The third kappa shape index (κ3) is 7.96. The van der Waals surface area contributed by atoms with Crippen molar-refractivity contribution in [3.63, 3.8) is 0 Å². The first-order valence-electron chi connectivity index (χ1n) is 11.1. The number of carbonyl (C=O) groups excluding carboxylic acids is 1. The number of ether oxygens (including phenoxy) is 2. The van der Waals surface area contributed by atoms with Crippen LogP contribution < -0.4 is 9.46 Å². The Kier molecular flexibility index (Phi) is 9.83. The van der Waals surface area contributed by atoms with Crippen LogP contribution in [0.5, 0.6) is 5.75 Å². The van der Waals surface area contributed by atoms with E-state index in [1.165, 1.54) is 0 Å².